The summed E-state index contributed by atoms with van der Waals surface area (Å²) in [7, 11) is 0. The Morgan fingerprint density at radius 2 is 2.21 bits per heavy atom. The molecule has 24 heavy (non-hydrogen) atoms. The van der Waals surface area contributed by atoms with E-state index in [1.54, 1.807) is 21.8 Å². The minimum Gasteiger partial charge on any atom is -0.481 e. The number of carboxylic acid groups (broad SMARTS) is 1. The van der Waals surface area contributed by atoms with Gasteiger partial charge in [-0.2, -0.15) is 5.10 Å². The van der Waals surface area contributed by atoms with Crippen molar-refractivity contribution in [3.05, 3.63) is 46.7 Å². The number of hydrogen-bond donors (Lipinski definition) is 1. The molecule has 1 fully saturated rings. The second kappa shape index (κ2) is 7.14. The summed E-state index contributed by atoms with van der Waals surface area (Å²) < 4.78 is 7.94. The number of carbonyl (C=O) groups excluding carboxylic acids is 1. The molecule has 2 aromatic rings. The van der Waals surface area contributed by atoms with Crippen molar-refractivity contribution in [1.82, 2.24) is 14.7 Å². The summed E-state index contributed by atoms with van der Waals surface area (Å²) >= 11 is 3.41. The third-order valence-corrected chi connectivity index (χ3v) is 4.20. The van der Waals surface area contributed by atoms with Crippen molar-refractivity contribution in [3.8, 4) is 5.69 Å². The van der Waals surface area contributed by atoms with Crippen LogP contribution in [0.3, 0.4) is 0 Å². The summed E-state index contributed by atoms with van der Waals surface area (Å²) in [4.78, 5) is 25.0. The van der Waals surface area contributed by atoms with Crippen LogP contribution in [0.5, 0.6) is 0 Å². The van der Waals surface area contributed by atoms with E-state index in [-0.39, 0.29) is 18.9 Å². The van der Waals surface area contributed by atoms with Crippen LogP contribution in [0.2, 0.25) is 0 Å². The second-order valence-corrected chi connectivity index (χ2v) is 6.38. The molecule has 8 heteroatoms. The fourth-order valence-corrected chi connectivity index (χ4v) is 2.97. The lowest BCUT2D eigenvalue weighted by atomic mass is 10.2. The lowest BCUT2D eigenvalue weighted by Crippen LogP contribution is -2.46. The van der Waals surface area contributed by atoms with Crippen molar-refractivity contribution in [2.24, 2.45) is 0 Å². The van der Waals surface area contributed by atoms with Gasteiger partial charge in [0.2, 0.25) is 0 Å². The first-order chi connectivity index (χ1) is 11.5. The van der Waals surface area contributed by atoms with Gasteiger partial charge in [-0.3, -0.25) is 9.59 Å². The largest absolute Gasteiger partial charge is 0.481 e. The molecule has 3 rings (SSSR count). The number of carboxylic acids is 1. The van der Waals surface area contributed by atoms with Crippen LogP contribution >= 0.6 is 15.9 Å². The molecule has 1 atom stereocenters. The molecule has 1 aromatic heterocycles. The van der Waals surface area contributed by atoms with Gasteiger partial charge in [-0.1, -0.05) is 22.0 Å². The fraction of sp³-hybridized carbons (Fsp3) is 0.312. The topological polar surface area (TPSA) is 84.7 Å². The maximum Gasteiger partial charge on any atom is 0.306 e. The Bertz CT molecular complexity index is 761. The highest BCUT2D eigenvalue weighted by molar-refractivity contribution is 9.10. The van der Waals surface area contributed by atoms with E-state index in [0.717, 1.165) is 10.2 Å². The van der Waals surface area contributed by atoms with Crippen molar-refractivity contribution >= 4 is 27.8 Å². The van der Waals surface area contributed by atoms with Gasteiger partial charge in [-0.05, 0) is 24.3 Å². The SMILES string of the molecule is O=C(O)C[C@@H]1CN(C(=O)c2ccn(-c3cccc(Br)c3)n2)CCO1. The number of hydrogen-bond acceptors (Lipinski definition) is 4. The number of aliphatic carboxylic acids is 1. The Morgan fingerprint density at radius 1 is 1.38 bits per heavy atom. The average Bonchev–Trinajstić information content (AvgIpc) is 3.04. The van der Waals surface area contributed by atoms with Gasteiger partial charge in [0, 0.05) is 23.8 Å². The quantitative estimate of drug-likeness (QED) is 0.857. The molecule has 0 aliphatic carbocycles. The molecule has 1 aromatic carbocycles. The summed E-state index contributed by atoms with van der Waals surface area (Å²) in [6.07, 6.45) is 1.13. The zero-order valence-electron chi connectivity index (χ0n) is 12.8. The van der Waals surface area contributed by atoms with Gasteiger partial charge < -0.3 is 14.7 Å². The Balaban J connectivity index is 1.72. The minimum atomic E-state index is -0.937. The van der Waals surface area contributed by atoms with Gasteiger partial charge in [-0.25, -0.2) is 4.68 Å². The molecule has 0 spiro atoms. The predicted octanol–water partition coefficient (Wildman–Crippen LogP) is 1.95. The molecule has 2 heterocycles. The number of halogens is 1. The first-order valence-corrected chi connectivity index (χ1v) is 8.26. The minimum absolute atomic E-state index is 0.115. The number of carbonyl (C=O) groups is 2. The molecule has 1 amide bonds. The lowest BCUT2D eigenvalue weighted by Gasteiger charge is -2.31. The predicted molar refractivity (Wildman–Crippen MR) is 89.2 cm³/mol. The van der Waals surface area contributed by atoms with Crippen LogP contribution in [0, 0.1) is 0 Å². The molecule has 0 unspecified atom stereocenters. The second-order valence-electron chi connectivity index (χ2n) is 5.47. The number of nitrogens with zero attached hydrogens (tertiary/aromatic N) is 3. The van der Waals surface area contributed by atoms with E-state index >= 15 is 0 Å². The van der Waals surface area contributed by atoms with Gasteiger partial charge in [0.05, 0.1) is 24.8 Å². The molecular formula is C16H16BrN3O4. The number of amides is 1. The summed E-state index contributed by atoms with van der Waals surface area (Å²) in [6.45, 7) is 1.02. The highest BCUT2D eigenvalue weighted by Gasteiger charge is 2.27. The lowest BCUT2D eigenvalue weighted by molar-refractivity contribution is -0.141. The van der Waals surface area contributed by atoms with Crippen LogP contribution in [0.25, 0.3) is 5.69 Å². The molecule has 1 aliphatic heterocycles. The summed E-state index contributed by atoms with van der Waals surface area (Å²) in [6, 6.07) is 9.25. The third-order valence-electron chi connectivity index (χ3n) is 3.71. The number of rotatable bonds is 4. The van der Waals surface area contributed by atoms with Crippen LogP contribution in [0.4, 0.5) is 0 Å². The molecule has 0 saturated carbocycles. The number of benzene rings is 1. The average molecular weight is 394 g/mol. The molecule has 7 nitrogen and oxygen atoms in total. The Kier molecular flexibility index (Phi) is 4.96. The molecule has 1 saturated heterocycles. The van der Waals surface area contributed by atoms with E-state index in [4.69, 9.17) is 9.84 Å². The van der Waals surface area contributed by atoms with Crippen LogP contribution < -0.4 is 0 Å². The number of aromatic nitrogens is 2. The number of ether oxygens (including phenoxy) is 1. The molecule has 0 radical (unpaired) electrons. The maximum atomic E-state index is 12.6. The van der Waals surface area contributed by atoms with Crippen LogP contribution in [0.15, 0.2) is 41.0 Å². The Labute approximate surface area is 147 Å². The summed E-state index contributed by atoms with van der Waals surface area (Å²) in [5, 5.41) is 13.2. The maximum absolute atomic E-state index is 12.6. The van der Waals surface area contributed by atoms with E-state index < -0.39 is 12.1 Å². The van der Waals surface area contributed by atoms with E-state index in [1.807, 2.05) is 24.3 Å². The van der Waals surface area contributed by atoms with Crippen LogP contribution in [-0.4, -0.2) is 57.5 Å². The van der Waals surface area contributed by atoms with E-state index in [0.29, 0.717) is 18.8 Å². The molecule has 1 N–H and O–H groups in total. The van der Waals surface area contributed by atoms with Gasteiger partial charge >= 0.3 is 5.97 Å². The van der Waals surface area contributed by atoms with E-state index in [1.165, 1.54) is 0 Å². The van der Waals surface area contributed by atoms with E-state index in [2.05, 4.69) is 21.0 Å². The highest BCUT2D eigenvalue weighted by atomic mass is 79.9. The first-order valence-electron chi connectivity index (χ1n) is 7.47. The molecular weight excluding hydrogens is 378 g/mol. The van der Waals surface area contributed by atoms with Crippen molar-refractivity contribution < 1.29 is 19.4 Å². The van der Waals surface area contributed by atoms with Gasteiger partial charge in [-0.15, -0.1) is 0 Å². The Hall–Kier alpha value is -2.19. The zero-order valence-corrected chi connectivity index (χ0v) is 14.3. The normalized spacial score (nSPS) is 17.7. The van der Waals surface area contributed by atoms with Gasteiger partial charge in [0.15, 0.2) is 5.69 Å². The Morgan fingerprint density at radius 3 is 2.96 bits per heavy atom. The monoisotopic (exact) mass is 393 g/mol. The molecule has 0 bridgehead atoms. The zero-order chi connectivity index (χ0) is 17.1. The number of morpholine rings is 1. The fourth-order valence-electron chi connectivity index (χ4n) is 2.58. The van der Waals surface area contributed by atoms with Crippen molar-refractivity contribution in [3.63, 3.8) is 0 Å². The third kappa shape index (κ3) is 3.82. The standard InChI is InChI=1S/C16H16BrN3O4/c17-11-2-1-3-12(8-11)20-5-4-14(18-20)16(23)19-6-7-24-13(10-19)9-15(21)22/h1-5,8,13H,6-7,9-10H2,(H,21,22)/t13-/m1/s1. The van der Waals surface area contributed by atoms with Crippen molar-refractivity contribution in [2.45, 2.75) is 12.5 Å². The first kappa shape index (κ1) is 16.7. The highest BCUT2D eigenvalue weighted by Crippen LogP contribution is 2.16. The summed E-state index contributed by atoms with van der Waals surface area (Å²) in [5.41, 5.74) is 1.17. The van der Waals surface area contributed by atoms with Crippen LogP contribution in [0.1, 0.15) is 16.9 Å². The van der Waals surface area contributed by atoms with Crippen molar-refractivity contribution in [1.29, 1.82) is 0 Å². The van der Waals surface area contributed by atoms with Gasteiger partial charge in [0.1, 0.15) is 0 Å². The smallest absolute Gasteiger partial charge is 0.306 e. The van der Waals surface area contributed by atoms with Crippen molar-refractivity contribution in [2.75, 3.05) is 19.7 Å². The van der Waals surface area contributed by atoms with Gasteiger partial charge in [0.25, 0.3) is 5.91 Å². The summed E-state index contributed by atoms with van der Waals surface area (Å²) in [5.74, 6) is -1.16. The van der Waals surface area contributed by atoms with E-state index in [9.17, 15) is 9.59 Å². The van der Waals surface area contributed by atoms with Crippen LogP contribution in [-0.2, 0) is 9.53 Å². The molecule has 1 aliphatic rings. The molecule has 126 valence electrons.